The zero-order valence-electron chi connectivity index (χ0n) is 5.37. The molecule has 0 aromatic heterocycles. The van der Waals surface area contributed by atoms with Gasteiger partial charge in [0.25, 0.3) is 0 Å². The molecule has 2 aliphatic rings. The van der Waals surface area contributed by atoms with Crippen molar-refractivity contribution in [3.63, 3.8) is 0 Å². The van der Waals surface area contributed by atoms with E-state index < -0.39 is 12.4 Å². The van der Waals surface area contributed by atoms with Crippen molar-refractivity contribution in [1.29, 1.82) is 0 Å². The van der Waals surface area contributed by atoms with Crippen LogP contribution in [0.25, 0.3) is 0 Å². The molecule has 1 aliphatic carbocycles. The number of fused-ring (bicyclic) bond motifs is 1. The Balaban J connectivity index is 2.04. The topological polar surface area (TPSA) is 52.5 Å². The molecule has 2 rings (SSSR count). The molecule has 0 aromatic carbocycles. The number of aliphatic hydroxyl groups is 2. The van der Waals surface area contributed by atoms with Gasteiger partial charge in [-0.15, -0.1) is 0 Å². The number of piperidine rings is 1. The zero-order chi connectivity index (χ0) is 7.30. The molecular formula is C6H10FNO2. The van der Waals surface area contributed by atoms with Gasteiger partial charge < -0.3 is 10.2 Å². The Kier molecular flexibility index (Phi) is 1.24. The van der Waals surface area contributed by atoms with Crippen LogP contribution in [0.4, 0.5) is 4.39 Å². The smallest absolute Gasteiger partial charge is 0.112 e. The summed E-state index contributed by atoms with van der Waals surface area (Å²) in [6.07, 6.45) is -1.63. The van der Waals surface area contributed by atoms with E-state index in [-0.39, 0.29) is 24.5 Å². The lowest BCUT2D eigenvalue weighted by molar-refractivity contribution is 0.100. The minimum atomic E-state index is -0.895. The molecule has 1 unspecified atom stereocenters. The summed E-state index contributed by atoms with van der Waals surface area (Å²) in [6.45, 7) is -0.0847. The van der Waals surface area contributed by atoms with E-state index >= 15 is 0 Å². The maximum absolute atomic E-state index is 12.6. The zero-order valence-corrected chi connectivity index (χ0v) is 5.37. The van der Waals surface area contributed by atoms with Crippen molar-refractivity contribution in [1.82, 2.24) is 5.32 Å². The first kappa shape index (κ1) is 6.52. The van der Waals surface area contributed by atoms with Gasteiger partial charge in [0.15, 0.2) is 0 Å². The highest BCUT2D eigenvalue weighted by Crippen LogP contribution is 2.50. The molecule has 0 amide bonds. The Morgan fingerprint density at radius 3 is 2.40 bits per heavy atom. The molecule has 0 bridgehead atoms. The van der Waals surface area contributed by atoms with Crippen LogP contribution >= 0.6 is 0 Å². The third-order valence-corrected chi connectivity index (χ3v) is 2.45. The first-order chi connectivity index (χ1) is 4.75. The summed E-state index contributed by atoms with van der Waals surface area (Å²) in [5, 5.41) is 20.4. The van der Waals surface area contributed by atoms with Crippen LogP contribution < -0.4 is 5.32 Å². The van der Waals surface area contributed by atoms with Gasteiger partial charge in [-0.2, -0.15) is 0 Å². The van der Waals surface area contributed by atoms with E-state index in [1.165, 1.54) is 0 Å². The number of rotatable bonds is 1. The molecule has 5 atom stereocenters. The van der Waals surface area contributed by atoms with Crippen molar-refractivity contribution in [2.75, 3.05) is 6.61 Å². The molecule has 1 saturated carbocycles. The van der Waals surface area contributed by atoms with Gasteiger partial charge in [-0.3, -0.25) is 5.32 Å². The summed E-state index contributed by atoms with van der Waals surface area (Å²) in [5.74, 6) is -0.392. The average molecular weight is 147 g/mol. The monoisotopic (exact) mass is 147 g/mol. The van der Waals surface area contributed by atoms with Gasteiger partial charge in [-0.05, 0) is 0 Å². The Labute approximate surface area is 57.9 Å². The summed E-state index contributed by atoms with van der Waals surface area (Å²) in [5.41, 5.74) is 0. The fourth-order valence-corrected chi connectivity index (χ4v) is 1.81. The lowest BCUT2D eigenvalue weighted by Gasteiger charge is -2.12. The van der Waals surface area contributed by atoms with E-state index in [0.29, 0.717) is 0 Å². The van der Waals surface area contributed by atoms with E-state index in [2.05, 4.69) is 5.32 Å². The number of hydrogen-bond acceptors (Lipinski definition) is 3. The molecule has 4 heteroatoms. The second kappa shape index (κ2) is 1.90. The average Bonchev–Trinajstić information content (AvgIpc) is 2.40. The number of halogens is 1. The standard InChI is InChI=1S/C6H10FNO2/c7-5-3-2(1-9)8-6(10)4(3)5/h2-6,8-10H,1H2/t2-,3-,4+,5+,6?/m1/s1. The summed E-state index contributed by atoms with van der Waals surface area (Å²) >= 11 is 0. The lowest BCUT2D eigenvalue weighted by Crippen LogP contribution is -2.38. The minimum absolute atomic E-state index is 0.0847. The number of hydrogen-bond donors (Lipinski definition) is 3. The first-order valence-electron chi connectivity index (χ1n) is 3.44. The summed E-state index contributed by atoms with van der Waals surface area (Å²) in [7, 11) is 0. The van der Waals surface area contributed by atoms with Crippen LogP contribution in [0.2, 0.25) is 0 Å². The molecule has 2 fully saturated rings. The maximum atomic E-state index is 12.6. The quantitative estimate of drug-likeness (QED) is 0.439. The number of alkyl halides is 1. The second-order valence-corrected chi connectivity index (χ2v) is 3.00. The molecule has 10 heavy (non-hydrogen) atoms. The molecule has 3 N–H and O–H groups in total. The van der Waals surface area contributed by atoms with Crippen LogP contribution in [0.1, 0.15) is 0 Å². The Morgan fingerprint density at radius 2 is 2.10 bits per heavy atom. The van der Waals surface area contributed by atoms with E-state index in [9.17, 15) is 4.39 Å². The van der Waals surface area contributed by atoms with Crippen molar-refractivity contribution in [3.8, 4) is 0 Å². The van der Waals surface area contributed by atoms with Crippen LogP contribution in [-0.4, -0.2) is 35.3 Å². The third-order valence-electron chi connectivity index (χ3n) is 2.45. The third kappa shape index (κ3) is 0.639. The van der Waals surface area contributed by atoms with Crippen molar-refractivity contribution in [3.05, 3.63) is 0 Å². The Morgan fingerprint density at radius 1 is 1.40 bits per heavy atom. The first-order valence-corrected chi connectivity index (χ1v) is 3.44. The fourth-order valence-electron chi connectivity index (χ4n) is 1.81. The number of aliphatic hydroxyl groups excluding tert-OH is 2. The van der Waals surface area contributed by atoms with Gasteiger partial charge >= 0.3 is 0 Å². The van der Waals surface area contributed by atoms with Gasteiger partial charge in [0.1, 0.15) is 12.4 Å². The minimum Gasteiger partial charge on any atom is -0.395 e. The normalized spacial score (nSPS) is 58.5. The Hall–Kier alpha value is -0.190. The SMILES string of the molecule is OC[C@H]1NC(O)[C@@H]2[C@@H](F)[C@@H]21. The van der Waals surface area contributed by atoms with Crippen molar-refractivity contribution >= 4 is 0 Å². The van der Waals surface area contributed by atoms with Crippen molar-refractivity contribution < 1.29 is 14.6 Å². The van der Waals surface area contributed by atoms with Crippen LogP contribution in [0.5, 0.6) is 0 Å². The van der Waals surface area contributed by atoms with Crippen molar-refractivity contribution in [2.24, 2.45) is 11.8 Å². The molecule has 3 nitrogen and oxygen atoms in total. The van der Waals surface area contributed by atoms with E-state index in [0.717, 1.165) is 0 Å². The van der Waals surface area contributed by atoms with E-state index in [4.69, 9.17) is 10.2 Å². The van der Waals surface area contributed by atoms with Gasteiger partial charge in [0.2, 0.25) is 0 Å². The van der Waals surface area contributed by atoms with Gasteiger partial charge in [-0.1, -0.05) is 0 Å². The summed E-state index contributed by atoms with van der Waals surface area (Å²) < 4.78 is 12.6. The largest absolute Gasteiger partial charge is 0.395 e. The van der Waals surface area contributed by atoms with Gasteiger partial charge in [-0.25, -0.2) is 4.39 Å². The molecule has 0 radical (unpaired) electrons. The van der Waals surface area contributed by atoms with E-state index in [1.54, 1.807) is 0 Å². The predicted molar refractivity (Wildman–Crippen MR) is 31.9 cm³/mol. The molecule has 1 aliphatic heterocycles. The second-order valence-electron chi connectivity index (χ2n) is 3.00. The highest BCUT2D eigenvalue weighted by Gasteiger charge is 2.63. The highest BCUT2D eigenvalue weighted by molar-refractivity contribution is 5.12. The van der Waals surface area contributed by atoms with Gasteiger partial charge in [0.05, 0.1) is 6.61 Å². The van der Waals surface area contributed by atoms with Crippen LogP contribution in [-0.2, 0) is 0 Å². The molecule has 1 saturated heterocycles. The number of nitrogens with one attached hydrogen (secondary N) is 1. The van der Waals surface area contributed by atoms with Crippen molar-refractivity contribution in [2.45, 2.75) is 18.4 Å². The highest BCUT2D eigenvalue weighted by atomic mass is 19.1. The van der Waals surface area contributed by atoms with Gasteiger partial charge in [0, 0.05) is 17.9 Å². The molecular weight excluding hydrogens is 137 g/mol. The van der Waals surface area contributed by atoms with Crippen LogP contribution in [0, 0.1) is 11.8 Å². The summed E-state index contributed by atoms with van der Waals surface area (Å²) in [6, 6.07) is -0.227. The summed E-state index contributed by atoms with van der Waals surface area (Å²) in [4.78, 5) is 0. The molecule has 0 aromatic rings. The molecule has 1 heterocycles. The van der Waals surface area contributed by atoms with Crippen LogP contribution in [0.3, 0.4) is 0 Å². The maximum Gasteiger partial charge on any atom is 0.112 e. The van der Waals surface area contributed by atoms with E-state index in [1.807, 2.05) is 0 Å². The predicted octanol–water partition coefficient (Wildman–Crippen LogP) is -1.15. The fraction of sp³-hybridized carbons (Fsp3) is 1.00. The molecule has 58 valence electrons. The Bertz CT molecular complexity index is 155. The van der Waals surface area contributed by atoms with Crippen LogP contribution in [0.15, 0.2) is 0 Å². The lowest BCUT2D eigenvalue weighted by atomic mass is 10.2. The molecule has 0 spiro atoms.